The van der Waals surface area contributed by atoms with E-state index in [1.54, 1.807) is 0 Å². The summed E-state index contributed by atoms with van der Waals surface area (Å²) in [6.07, 6.45) is 8.35. The van der Waals surface area contributed by atoms with Crippen molar-refractivity contribution in [2.24, 2.45) is 0 Å². The van der Waals surface area contributed by atoms with Gasteiger partial charge in [-0.05, 0) is 37.1 Å². The Morgan fingerprint density at radius 1 is 1.28 bits per heavy atom. The van der Waals surface area contributed by atoms with Gasteiger partial charge < -0.3 is 5.11 Å². The average Bonchev–Trinajstić information content (AvgIpc) is 3.09. The summed E-state index contributed by atoms with van der Waals surface area (Å²) in [4.78, 5) is 3.96. The van der Waals surface area contributed by atoms with Crippen molar-refractivity contribution in [2.45, 2.75) is 63.1 Å². The minimum atomic E-state index is -0.405. The van der Waals surface area contributed by atoms with Gasteiger partial charge in [0.25, 0.3) is 0 Å². The minimum Gasteiger partial charge on any atom is -0.389 e. The number of rotatable bonds is 5. The molecule has 3 rings (SSSR count). The highest BCUT2D eigenvalue weighted by Crippen LogP contribution is 2.34. The zero-order chi connectivity index (χ0) is 12.4. The number of hydrogen-bond donors (Lipinski definition) is 1. The number of nitrogens with zero attached hydrogens (tertiary/aromatic N) is 1. The fourth-order valence-electron chi connectivity index (χ4n) is 3.10. The van der Waals surface area contributed by atoms with E-state index in [0.29, 0.717) is 0 Å². The van der Waals surface area contributed by atoms with Crippen LogP contribution < -0.4 is 0 Å². The Labute approximate surface area is 114 Å². The summed E-state index contributed by atoms with van der Waals surface area (Å²) in [5, 5.41) is 12.9. The van der Waals surface area contributed by atoms with E-state index in [1.807, 2.05) is 11.3 Å². The van der Waals surface area contributed by atoms with Gasteiger partial charge in [0.2, 0.25) is 0 Å². The smallest absolute Gasteiger partial charge is 0.0774 e. The molecule has 2 aliphatic carbocycles. The maximum atomic E-state index is 10.7. The van der Waals surface area contributed by atoms with Crippen LogP contribution in [0.3, 0.4) is 0 Å². The fourth-order valence-corrected chi connectivity index (χ4v) is 3.83. The highest BCUT2D eigenvalue weighted by atomic mass is 32.1. The van der Waals surface area contributed by atoms with Crippen LogP contribution in [0.5, 0.6) is 0 Å². The van der Waals surface area contributed by atoms with Crippen LogP contribution in [0.1, 0.15) is 49.8 Å². The van der Waals surface area contributed by atoms with E-state index in [2.05, 4.69) is 22.4 Å². The molecule has 0 aromatic carbocycles. The molecule has 2 aliphatic rings. The van der Waals surface area contributed by atoms with Crippen molar-refractivity contribution < 1.29 is 5.11 Å². The molecule has 3 heteroatoms. The molecule has 1 heterocycles. The van der Waals surface area contributed by atoms with Crippen LogP contribution in [0, 0.1) is 0 Å². The summed E-state index contributed by atoms with van der Waals surface area (Å²) in [6.45, 7) is 1.92. The molecular formula is C15H23NOS. The van der Waals surface area contributed by atoms with Crippen LogP contribution in [0.15, 0.2) is 17.5 Å². The first kappa shape index (κ1) is 12.6. The van der Waals surface area contributed by atoms with Crippen molar-refractivity contribution in [1.82, 2.24) is 4.90 Å². The van der Waals surface area contributed by atoms with Gasteiger partial charge in [0.05, 0.1) is 5.60 Å². The number of aliphatic hydroxyl groups is 1. The van der Waals surface area contributed by atoms with Crippen molar-refractivity contribution >= 4 is 11.3 Å². The molecule has 0 radical (unpaired) electrons. The van der Waals surface area contributed by atoms with E-state index in [0.717, 1.165) is 32.0 Å². The second-order valence-electron chi connectivity index (χ2n) is 6.00. The monoisotopic (exact) mass is 265 g/mol. The van der Waals surface area contributed by atoms with Crippen molar-refractivity contribution in [3.8, 4) is 0 Å². The summed E-state index contributed by atoms with van der Waals surface area (Å²) in [7, 11) is 0. The third kappa shape index (κ3) is 3.14. The lowest BCUT2D eigenvalue weighted by atomic mass is 9.84. The van der Waals surface area contributed by atoms with Crippen molar-refractivity contribution in [3.63, 3.8) is 0 Å². The summed E-state index contributed by atoms with van der Waals surface area (Å²) in [5.74, 6) is 0. The van der Waals surface area contributed by atoms with E-state index in [-0.39, 0.29) is 0 Å². The SMILES string of the molecule is OC1(CN(Cc2cccs2)C2CC2)CCCCC1. The van der Waals surface area contributed by atoms with Gasteiger partial charge in [0.15, 0.2) is 0 Å². The first-order valence-corrected chi connectivity index (χ1v) is 8.12. The molecule has 0 bridgehead atoms. The topological polar surface area (TPSA) is 23.5 Å². The van der Waals surface area contributed by atoms with E-state index < -0.39 is 5.60 Å². The zero-order valence-corrected chi connectivity index (χ0v) is 11.8. The second-order valence-corrected chi connectivity index (χ2v) is 7.03. The molecule has 0 amide bonds. The van der Waals surface area contributed by atoms with Gasteiger partial charge in [-0.3, -0.25) is 4.90 Å². The summed E-state index contributed by atoms with van der Waals surface area (Å²) >= 11 is 1.83. The molecular weight excluding hydrogens is 242 g/mol. The predicted molar refractivity (Wildman–Crippen MR) is 75.8 cm³/mol. The van der Waals surface area contributed by atoms with E-state index in [1.165, 1.54) is 37.0 Å². The van der Waals surface area contributed by atoms with Crippen LogP contribution in [-0.4, -0.2) is 28.2 Å². The maximum Gasteiger partial charge on any atom is 0.0774 e. The first-order valence-electron chi connectivity index (χ1n) is 7.24. The quantitative estimate of drug-likeness (QED) is 0.882. The van der Waals surface area contributed by atoms with Crippen molar-refractivity contribution in [1.29, 1.82) is 0 Å². The summed E-state index contributed by atoms with van der Waals surface area (Å²) in [6, 6.07) is 5.07. The van der Waals surface area contributed by atoms with Gasteiger partial charge >= 0.3 is 0 Å². The maximum absolute atomic E-state index is 10.7. The van der Waals surface area contributed by atoms with Crippen LogP contribution in [0.25, 0.3) is 0 Å². The van der Waals surface area contributed by atoms with Gasteiger partial charge in [-0.25, -0.2) is 0 Å². The van der Waals surface area contributed by atoms with Crippen LogP contribution in [0.4, 0.5) is 0 Å². The zero-order valence-electron chi connectivity index (χ0n) is 11.0. The third-order valence-corrected chi connectivity index (χ3v) is 5.15. The Kier molecular flexibility index (Phi) is 3.73. The average molecular weight is 265 g/mol. The normalized spacial score (nSPS) is 23.4. The molecule has 0 aliphatic heterocycles. The molecule has 2 saturated carbocycles. The standard InChI is InChI=1S/C15H23NOS/c17-15(8-2-1-3-9-15)12-16(13-6-7-13)11-14-5-4-10-18-14/h4-5,10,13,17H,1-3,6-9,11-12H2. The van der Waals surface area contributed by atoms with E-state index in [9.17, 15) is 5.11 Å². The van der Waals surface area contributed by atoms with Gasteiger partial charge in [-0.2, -0.15) is 0 Å². The summed E-state index contributed by atoms with van der Waals surface area (Å²) < 4.78 is 0. The molecule has 18 heavy (non-hydrogen) atoms. The molecule has 0 atom stereocenters. The number of hydrogen-bond acceptors (Lipinski definition) is 3. The van der Waals surface area contributed by atoms with E-state index in [4.69, 9.17) is 0 Å². The molecule has 1 aromatic heterocycles. The van der Waals surface area contributed by atoms with Crippen molar-refractivity contribution in [3.05, 3.63) is 22.4 Å². The highest BCUT2D eigenvalue weighted by Gasteiger charge is 2.37. The van der Waals surface area contributed by atoms with Crippen molar-refractivity contribution in [2.75, 3.05) is 6.54 Å². The van der Waals surface area contributed by atoms with Crippen LogP contribution in [-0.2, 0) is 6.54 Å². The first-order chi connectivity index (χ1) is 8.75. The minimum absolute atomic E-state index is 0.405. The van der Waals surface area contributed by atoms with E-state index >= 15 is 0 Å². The van der Waals surface area contributed by atoms with Gasteiger partial charge in [-0.1, -0.05) is 25.3 Å². The molecule has 2 nitrogen and oxygen atoms in total. The number of thiophene rings is 1. The summed E-state index contributed by atoms with van der Waals surface area (Å²) in [5.41, 5.74) is -0.405. The lowest BCUT2D eigenvalue weighted by Gasteiger charge is -2.37. The Morgan fingerprint density at radius 2 is 2.06 bits per heavy atom. The molecule has 100 valence electrons. The lowest BCUT2D eigenvalue weighted by Crippen LogP contribution is -2.44. The van der Waals surface area contributed by atoms with Crippen LogP contribution >= 0.6 is 11.3 Å². The molecule has 1 aromatic rings. The third-order valence-electron chi connectivity index (χ3n) is 4.28. The largest absolute Gasteiger partial charge is 0.389 e. The van der Waals surface area contributed by atoms with Gasteiger partial charge in [-0.15, -0.1) is 11.3 Å². The molecule has 0 spiro atoms. The van der Waals surface area contributed by atoms with Gasteiger partial charge in [0, 0.05) is 24.0 Å². The van der Waals surface area contributed by atoms with Crippen LogP contribution in [0.2, 0.25) is 0 Å². The van der Waals surface area contributed by atoms with Gasteiger partial charge in [0.1, 0.15) is 0 Å². The Balaban J connectivity index is 1.62. The molecule has 0 saturated heterocycles. The second kappa shape index (κ2) is 5.32. The lowest BCUT2D eigenvalue weighted by molar-refractivity contribution is -0.0300. The Hall–Kier alpha value is -0.380. The Morgan fingerprint density at radius 3 is 2.67 bits per heavy atom. The molecule has 2 fully saturated rings. The Bertz CT molecular complexity index is 366. The molecule has 0 unspecified atom stereocenters. The molecule has 1 N–H and O–H groups in total. The fraction of sp³-hybridized carbons (Fsp3) is 0.733. The predicted octanol–water partition coefficient (Wildman–Crippen LogP) is 3.41. The highest BCUT2D eigenvalue weighted by molar-refractivity contribution is 7.09.